The van der Waals surface area contributed by atoms with Gasteiger partial charge in [-0.3, -0.25) is 9.89 Å². The molecular formula is C25H22N4O3. The molecule has 0 aliphatic carbocycles. The largest absolute Gasteiger partial charge is 0.454 e. The van der Waals surface area contributed by atoms with Crippen LogP contribution in [0.4, 0.5) is 5.69 Å². The van der Waals surface area contributed by atoms with E-state index in [2.05, 4.69) is 15.5 Å². The maximum absolute atomic E-state index is 12.5. The van der Waals surface area contributed by atoms with Gasteiger partial charge in [0.05, 0.1) is 18.7 Å². The molecule has 2 aromatic heterocycles. The van der Waals surface area contributed by atoms with Gasteiger partial charge < -0.3 is 20.2 Å². The Morgan fingerprint density at radius 1 is 1.06 bits per heavy atom. The molecule has 0 bridgehead atoms. The zero-order valence-electron chi connectivity index (χ0n) is 17.2. The van der Waals surface area contributed by atoms with E-state index in [9.17, 15) is 4.79 Å². The zero-order valence-corrected chi connectivity index (χ0v) is 17.2. The monoisotopic (exact) mass is 426 g/mol. The van der Waals surface area contributed by atoms with Crippen LogP contribution in [0, 0.1) is 0 Å². The summed E-state index contributed by atoms with van der Waals surface area (Å²) in [6.45, 7) is 0.530. The van der Waals surface area contributed by atoms with E-state index in [1.54, 1.807) is 6.07 Å². The number of benzene rings is 3. The molecule has 7 nitrogen and oxygen atoms in total. The van der Waals surface area contributed by atoms with E-state index in [-0.39, 0.29) is 12.5 Å². The number of aromatic amines is 1. The highest BCUT2D eigenvalue weighted by Gasteiger charge is 2.17. The number of nitrogens with zero attached hydrogens (tertiary/aromatic N) is 1. The smallest absolute Gasteiger partial charge is 0.243 e. The third-order valence-corrected chi connectivity index (χ3v) is 5.24. The molecule has 4 N–H and O–H groups in total. The number of nitrogens with two attached hydrogens (primary N) is 1. The van der Waals surface area contributed by atoms with Crippen molar-refractivity contribution >= 4 is 33.5 Å². The molecule has 0 unspecified atom stereocenters. The minimum atomic E-state index is -0.784. The molecule has 32 heavy (non-hydrogen) atoms. The summed E-state index contributed by atoms with van der Waals surface area (Å²) in [5.41, 5.74) is 9.99. The second kappa shape index (κ2) is 8.66. The van der Waals surface area contributed by atoms with Crippen molar-refractivity contribution in [1.82, 2.24) is 10.2 Å². The Hall–Kier alpha value is -3.94. The van der Waals surface area contributed by atoms with E-state index in [4.69, 9.17) is 14.9 Å². The van der Waals surface area contributed by atoms with Gasteiger partial charge in [-0.25, -0.2) is 0 Å². The molecular weight excluding hydrogens is 404 g/mol. The molecule has 2 heterocycles. The topological polar surface area (TPSA) is 106 Å². The molecule has 5 aromatic rings. The molecule has 0 saturated heterocycles. The van der Waals surface area contributed by atoms with Crippen LogP contribution in [0.15, 0.2) is 83.3 Å². The van der Waals surface area contributed by atoms with E-state index in [0.29, 0.717) is 23.7 Å². The van der Waals surface area contributed by atoms with E-state index in [1.807, 2.05) is 72.8 Å². The van der Waals surface area contributed by atoms with Crippen LogP contribution >= 0.6 is 0 Å². The number of aromatic nitrogens is 2. The predicted molar refractivity (Wildman–Crippen MR) is 124 cm³/mol. The van der Waals surface area contributed by atoms with Gasteiger partial charge in [0.1, 0.15) is 17.3 Å². The van der Waals surface area contributed by atoms with E-state index < -0.39 is 6.04 Å². The first kappa shape index (κ1) is 20.0. The van der Waals surface area contributed by atoms with Crippen molar-refractivity contribution in [1.29, 1.82) is 0 Å². The second-order valence-corrected chi connectivity index (χ2v) is 7.58. The van der Waals surface area contributed by atoms with Crippen LogP contribution < -0.4 is 11.1 Å². The summed E-state index contributed by atoms with van der Waals surface area (Å²) in [5.74, 6) is 0.345. The van der Waals surface area contributed by atoms with Crippen LogP contribution in [0.25, 0.3) is 33.3 Å². The van der Waals surface area contributed by atoms with Gasteiger partial charge in [-0.05, 0) is 35.9 Å². The van der Waals surface area contributed by atoms with Gasteiger partial charge in [-0.15, -0.1) is 0 Å². The molecule has 0 fully saturated rings. The number of H-pyrrole nitrogens is 1. The van der Waals surface area contributed by atoms with E-state index in [1.165, 1.54) is 0 Å². The van der Waals surface area contributed by atoms with Crippen molar-refractivity contribution in [2.75, 3.05) is 11.9 Å². The van der Waals surface area contributed by atoms with Crippen molar-refractivity contribution in [3.63, 3.8) is 0 Å². The fourth-order valence-electron chi connectivity index (χ4n) is 3.57. The molecule has 0 aliphatic rings. The van der Waals surface area contributed by atoms with Crippen molar-refractivity contribution in [3.8, 4) is 11.5 Å². The number of para-hydroxylation sites is 1. The minimum Gasteiger partial charge on any atom is -0.454 e. The summed E-state index contributed by atoms with van der Waals surface area (Å²) in [6.07, 6.45) is 0. The molecule has 3 aromatic carbocycles. The van der Waals surface area contributed by atoms with E-state index in [0.717, 1.165) is 27.4 Å². The number of hydrogen-bond donors (Lipinski definition) is 3. The lowest BCUT2D eigenvalue weighted by atomic mass is 10.1. The fourth-order valence-corrected chi connectivity index (χ4v) is 3.57. The van der Waals surface area contributed by atoms with Crippen LogP contribution in [0.1, 0.15) is 5.56 Å². The van der Waals surface area contributed by atoms with Crippen molar-refractivity contribution in [3.05, 3.63) is 84.4 Å². The highest BCUT2D eigenvalue weighted by molar-refractivity contribution is 6.00. The number of fused-ring (bicyclic) bond motifs is 2. The number of anilines is 1. The quantitative estimate of drug-likeness (QED) is 0.356. The summed E-state index contributed by atoms with van der Waals surface area (Å²) >= 11 is 0. The van der Waals surface area contributed by atoms with Gasteiger partial charge in [0, 0.05) is 16.5 Å². The SMILES string of the molecule is N[C@H](COCc1ccccc1)C(=O)Nc1ccc2[nH]nc(-c3cc4ccccc4o3)c2c1. The Morgan fingerprint density at radius 2 is 1.88 bits per heavy atom. The standard InChI is InChI=1S/C25H22N4O3/c26-20(15-31-14-16-6-2-1-3-7-16)25(30)27-18-10-11-21-19(13-18)24(29-28-21)23-12-17-8-4-5-9-22(17)32-23/h1-13,20H,14-15,26H2,(H,27,30)(H,28,29)/t20-/m1/s1. The maximum atomic E-state index is 12.5. The van der Waals surface area contributed by atoms with Gasteiger partial charge >= 0.3 is 0 Å². The number of carbonyl (C=O) groups is 1. The first-order valence-corrected chi connectivity index (χ1v) is 10.3. The lowest BCUT2D eigenvalue weighted by Gasteiger charge is -2.13. The Bertz CT molecular complexity index is 1340. The highest BCUT2D eigenvalue weighted by Crippen LogP contribution is 2.32. The Labute approximate surface area is 184 Å². The number of ether oxygens (including phenoxy) is 1. The molecule has 5 rings (SSSR count). The van der Waals surface area contributed by atoms with Crippen LogP contribution in [-0.2, 0) is 16.1 Å². The second-order valence-electron chi connectivity index (χ2n) is 7.58. The van der Waals surface area contributed by atoms with Crippen LogP contribution in [0.5, 0.6) is 0 Å². The lowest BCUT2D eigenvalue weighted by Crippen LogP contribution is -2.39. The van der Waals surface area contributed by atoms with Crippen molar-refractivity contribution in [2.24, 2.45) is 5.73 Å². The first-order chi connectivity index (χ1) is 15.7. The van der Waals surface area contributed by atoms with Gasteiger partial charge in [-0.1, -0.05) is 48.5 Å². The Morgan fingerprint density at radius 3 is 2.72 bits per heavy atom. The average molecular weight is 426 g/mol. The summed E-state index contributed by atoms with van der Waals surface area (Å²) in [5, 5.41) is 12.1. The molecule has 1 amide bonds. The molecule has 1 atom stereocenters. The molecule has 7 heteroatoms. The number of carbonyl (C=O) groups excluding carboxylic acids is 1. The van der Waals surface area contributed by atoms with E-state index >= 15 is 0 Å². The highest BCUT2D eigenvalue weighted by atomic mass is 16.5. The number of rotatable bonds is 7. The molecule has 0 saturated carbocycles. The zero-order chi connectivity index (χ0) is 21.9. The first-order valence-electron chi connectivity index (χ1n) is 10.3. The average Bonchev–Trinajstić information content (AvgIpc) is 3.43. The summed E-state index contributed by atoms with van der Waals surface area (Å²) in [6, 6.07) is 24.2. The maximum Gasteiger partial charge on any atom is 0.243 e. The normalized spacial score (nSPS) is 12.3. The third kappa shape index (κ3) is 4.12. The van der Waals surface area contributed by atoms with Gasteiger partial charge in [0.15, 0.2) is 5.76 Å². The molecule has 160 valence electrons. The molecule has 0 radical (unpaired) electrons. The van der Waals surface area contributed by atoms with Crippen LogP contribution in [0.3, 0.4) is 0 Å². The predicted octanol–water partition coefficient (Wildman–Crippen LogP) is 4.46. The van der Waals surface area contributed by atoms with Crippen LogP contribution in [0.2, 0.25) is 0 Å². The molecule has 0 spiro atoms. The third-order valence-electron chi connectivity index (χ3n) is 5.24. The van der Waals surface area contributed by atoms with Gasteiger partial charge in [0.25, 0.3) is 0 Å². The van der Waals surface area contributed by atoms with Gasteiger partial charge in [0.2, 0.25) is 5.91 Å². The lowest BCUT2D eigenvalue weighted by molar-refractivity contribution is -0.118. The summed E-state index contributed by atoms with van der Waals surface area (Å²) in [4.78, 5) is 12.5. The summed E-state index contributed by atoms with van der Waals surface area (Å²) < 4.78 is 11.5. The summed E-state index contributed by atoms with van der Waals surface area (Å²) in [7, 11) is 0. The van der Waals surface area contributed by atoms with Crippen molar-refractivity contribution < 1.29 is 13.9 Å². The molecule has 0 aliphatic heterocycles. The fraction of sp³-hybridized carbons (Fsp3) is 0.120. The number of furan rings is 1. The number of amides is 1. The Kier molecular flexibility index (Phi) is 5.41. The van der Waals surface area contributed by atoms with Gasteiger partial charge in [-0.2, -0.15) is 5.10 Å². The van der Waals surface area contributed by atoms with Crippen LogP contribution in [-0.4, -0.2) is 28.8 Å². The number of nitrogens with one attached hydrogen (secondary N) is 2. The number of hydrogen-bond acceptors (Lipinski definition) is 5. The Balaban J connectivity index is 1.29. The van der Waals surface area contributed by atoms with Crippen molar-refractivity contribution in [2.45, 2.75) is 12.6 Å². The minimum absolute atomic E-state index is 0.124.